The van der Waals surface area contributed by atoms with Crippen LogP contribution in [0.3, 0.4) is 0 Å². The lowest BCUT2D eigenvalue weighted by Gasteiger charge is -2.12. The van der Waals surface area contributed by atoms with Gasteiger partial charge in [-0.25, -0.2) is 0 Å². The molecule has 0 aliphatic heterocycles. The fourth-order valence-electron chi connectivity index (χ4n) is 2.93. The molecule has 1 fully saturated rings. The molecular formula is C20H23NO4. The second-order valence-electron chi connectivity index (χ2n) is 6.00. The lowest BCUT2D eigenvalue weighted by molar-refractivity contribution is 0.0942. The quantitative estimate of drug-likeness (QED) is 0.750. The van der Waals surface area contributed by atoms with E-state index >= 15 is 0 Å². The Bertz CT molecular complexity index is 731. The highest BCUT2D eigenvalue weighted by Gasteiger charge is 2.41. The number of rotatable bonds is 8. The predicted octanol–water partition coefficient (Wildman–Crippen LogP) is 3.01. The van der Waals surface area contributed by atoms with Crippen LogP contribution in [0.2, 0.25) is 0 Å². The first-order chi connectivity index (χ1) is 12.2. The molecule has 1 aliphatic carbocycles. The first-order valence-electron chi connectivity index (χ1n) is 8.39. The number of hydrogen-bond donors (Lipinski definition) is 1. The summed E-state index contributed by atoms with van der Waals surface area (Å²) in [5.74, 6) is 1.62. The maximum atomic E-state index is 12.6. The van der Waals surface area contributed by atoms with Gasteiger partial charge in [0.15, 0.2) is 0 Å². The summed E-state index contributed by atoms with van der Waals surface area (Å²) in [4.78, 5) is 12.6. The summed E-state index contributed by atoms with van der Waals surface area (Å²) in [5, 5.41) is 3.10. The molecule has 5 nitrogen and oxygen atoms in total. The van der Waals surface area contributed by atoms with E-state index in [4.69, 9.17) is 14.2 Å². The standard InChI is InChI=1S/C20H23NO4/c1-23-11-12-25-19-10-6-4-8-15(19)20(22)21-17-13-16(17)14-7-3-5-9-18(14)24-2/h3-10,16-17H,11-13H2,1-2H3,(H,21,22)/t16-,17-/m1/s1. The average Bonchev–Trinajstić information content (AvgIpc) is 3.41. The van der Waals surface area contributed by atoms with Gasteiger partial charge in [0, 0.05) is 19.1 Å². The number of carbonyl (C=O) groups is 1. The van der Waals surface area contributed by atoms with Crippen molar-refractivity contribution in [1.82, 2.24) is 5.32 Å². The molecule has 2 aromatic rings. The summed E-state index contributed by atoms with van der Waals surface area (Å²) >= 11 is 0. The molecule has 25 heavy (non-hydrogen) atoms. The van der Waals surface area contributed by atoms with E-state index in [-0.39, 0.29) is 11.9 Å². The maximum absolute atomic E-state index is 12.6. The van der Waals surface area contributed by atoms with Crippen molar-refractivity contribution in [3.8, 4) is 11.5 Å². The van der Waals surface area contributed by atoms with E-state index in [0.29, 0.717) is 30.4 Å². The topological polar surface area (TPSA) is 56.8 Å². The summed E-state index contributed by atoms with van der Waals surface area (Å²) in [6.45, 7) is 0.891. The van der Waals surface area contributed by atoms with Gasteiger partial charge < -0.3 is 19.5 Å². The van der Waals surface area contributed by atoms with Crippen LogP contribution in [0.1, 0.15) is 28.3 Å². The Kier molecular flexibility index (Phi) is 5.56. The molecule has 2 aromatic carbocycles. The Morgan fingerprint density at radius 2 is 1.76 bits per heavy atom. The number of para-hydroxylation sites is 2. The van der Waals surface area contributed by atoms with Crippen molar-refractivity contribution in [2.24, 2.45) is 0 Å². The zero-order valence-corrected chi connectivity index (χ0v) is 14.5. The lowest BCUT2D eigenvalue weighted by atomic mass is 10.1. The summed E-state index contributed by atoms with van der Waals surface area (Å²) in [6.07, 6.45) is 0.915. The number of benzene rings is 2. The van der Waals surface area contributed by atoms with Crippen molar-refractivity contribution < 1.29 is 19.0 Å². The molecule has 0 aromatic heterocycles. The van der Waals surface area contributed by atoms with Crippen molar-refractivity contribution in [3.63, 3.8) is 0 Å². The van der Waals surface area contributed by atoms with Gasteiger partial charge in [-0.05, 0) is 30.2 Å². The van der Waals surface area contributed by atoms with Crippen molar-refractivity contribution >= 4 is 5.91 Å². The number of carbonyl (C=O) groups excluding carboxylic acids is 1. The molecule has 132 valence electrons. The van der Waals surface area contributed by atoms with Gasteiger partial charge in [0.2, 0.25) is 0 Å². The van der Waals surface area contributed by atoms with Gasteiger partial charge in [-0.1, -0.05) is 30.3 Å². The van der Waals surface area contributed by atoms with Gasteiger partial charge in [0.1, 0.15) is 18.1 Å². The first kappa shape index (κ1) is 17.3. The number of hydrogen-bond acceptors (Lipinski definition) is 4. The summed E-state index contributed by atoms with van der Waals surface area (Å²) in [7, 11) is 3.29. The van der Waals surface area contributed by atoms with Crippen LogP contribution in [0.4, 0.5) is 0 Å². The van der Waals surface area contributed by atoms with E-state index in [1.807, 2.05) is 30.3 Å². The Morgan fingerprint density at radius 3 is 2.52 bits per heavy atom. The highest BCUT2D eigenvalue weighted by Crippen LogP contribution is 2.44. The summed E-state index contributed by atoms with van der Waals surface area (Å²) in [5.41, 5.74) is 1.68. The molecule has 0 unspecified atom stereocenters. The van der Waals surface area contributed by atoms with E-state index in [1.54, 1.807) is 26.4 Å². The van der Waals surface area contributed by atoms with E-state index in [1.165, 1.54) is 0 Å². The van der Waals surface area contributed by atoms with Gasteiger partial charge in [-0.2, -0.15) is 0 Å². The first-order valence-corrected chi connectivity index (χ1v) is 8.39. The Hall–Kier alpha value is -2.53. The molecule has 0 radical (unpaired) electrons. The third kappa shape index (κ3) is 4.12. The van der Waals surface area contributed by atoms with Crippen LogP contribution in [0, 0.1) is 0 Å². The lowest BCUT2D eigenvalue weighted by Crippen LogP contribution is -2.27. The smallest absolute Gasteiger partial charge is 0.255 e. The zero-order valence-electron chi connectivity index (χ0n) is 14.5. The minimum Gasteiger partial charge on any atom is -0.496 e. The van der Waals surface area contributed by atoms with E-state index < -0.39 is 0 Å². The SMILES string of the molecule is COCCOc1ccccc1C(=O)N[C@@H]1C[C@@H]1c1ccccc1OC. The van der Waals surface area contributed by atoms with E-state index in [0.717, 1.165) is 17.7 Å². The number of nitrogens with one attached hydrogen (secondary N) is 1. The molecule has 1 saturated carbocycles. The molecule has 0 saturated heterocycles. The van der Waals surface area contributed by atoms with Crippen LogP contribution < -0.4 is 14.8 Å². The maximum Gasteiger partial charge on any atom is 0.255 e. The second-order valence-corrected chi connectivity index (χ2v) is 6.00. The average molecular weight is 341 g/mol. The predicted molar refractivity (Wildman–Crippen MR) is 95.4 cm³/mol. The Labute approximate surface area is 147 Å². The molecule has 1 aliphatic rings. The summed E-state index contributed by atoms with van der Waals surface area (Å²) in [6, 6.07) is 15.3. The fraction of sp³-hybridized carbons (Fsp3) is 0.350. The third-order valence-corrected chi connectivity index (χ3v) is 4.32. The Morgan fingerprint density at radius 1 is 1.04 bits per heavy atom. The van der Waals surface area contributed by atoms with Crippen molar-refractivity contribution in [3.05, 3.63) is 59.7 Å². The van der Waals surface area contributed by atoms with Crippen LogP contribution in [-0.4, -0.2) is 39.4 Å². The van der Waals surface area contributed by atoms with Crippen molar-refractivity contribution in [2.75, 3.05) is 27.4 Å². The van der Waals surface area contributed by atoms with E-state index in [2.05, 4.69) is 11.4 Å². The number of methoxy groups -OCH3 is 2. The molecule has 3 rings (SSSR count). The zero-order chi connectivity index (χ0) is 17.6. The van der Waals surface area contributed by atoms with E-state index in [9.17, 15) is 4.79 Å². The molecule has 0 heterocycles. The molecule has 1 amide bonds. The number of ether oxygens (including phenoxy) is 3. The minimum absolute atomic E-state index is 0.115. The molecule has 0 spiro atoms. The van der Waals surface area contributed by atoms with Crippen LogP contribution in [0.25, 0.3) is 0 Å². The number of amides is 1. The molecule has 1 N–H and O–H groups in total. The monoisotopic (exact) mass is 341 g/mol. The van der Waals surface area contributed by atoms with Crippen LogP contribution in [0.15, 0.2) is 48.5 Å². The van der Waals surface area contributed by atoms with Gasteiger partial charge in [0.05, 0.1) is 19.3 Å². The largest absolute Gasteiger partial charge is 0.496 e. The van der Waals surface area contributed by atoms with Gasteiger partial charge in [-0.3, -0.25) is 4.79 Å². The molecule has 2 atom stereocenters. The summed E-state index contributed by atoms with van der Waals surface area (Å²) < 4.78 is 16.0. The van der Waals surface area contributed by atoms with Crippen LogP contribution in [0.5, 0.6) is 11.5 Å². The second kappa shape index (κ2) is 8.03. The van der Waals surface area contributed by atoms with Gasteiger partial charge in [0.25, 0.3) is 5.91 Å². The minimum atomic E-state index is -0.115. The normalized spacial score (nSPS) is 18.5. The highest BCUT2D eigenvalue weighted by atomic mass is 16.5. The van der Waals surface area contributed by atoms with Crippen molar-refractivity contribution in [1.29, 1.82) is 0 Å². The fourth-order valence-corrected chi connectivity index (χ4v) is 2.93. The van der Waals surface area contributed by atoms with Crippen LogP contribution in [-0.2, 0) is 4.74 Å². The Balaban J connectivity index is 1.64. The molecule has 0 bridgehead atoms. The van der Waals surface area contributed by atoms with Gasteiger partial charge in [-0.15, -0.1) is 0 Å². The van der Waals surface area contributed by atoms with Crippen molar-refractivity contribution in [2.45, 2.75) is 18.4 Å². The third-order valence-electron chi connectivity index (χ3n) is 4.32. The van der Waals surface area contributed by atoms with Crippen LogP contribution >= 0.6 is 0 Å². The highest BCUT2D eigenvalue weighted by molar-refractivity contribution is 5.97. The molecular weight excluding hydrogens is 318 g/mol. The molecule has 5 heteroatoms. The van der Waals surface area contributed by atoms with Gasteiger partial charge >= 0.3 is 0 Å².